The average molecular weight is 272 g/mol. The monoisotopic (exact) mass is 271 g/mol. The third-order valence-corrected chi connectivity index (χ3v) is 3.53. The molecule has 96 valence electrons. The second kappa shape index (κ2) is 4.67. The fourth-order valence-electron chi connectivity index (χ4n) is 2.10. The molecule has 0 radical (unpaired) electrons. The van der Waals surface area contributed by atoms with Gasteiger partial charge in [0, 0.05) is 17.2 Å². The summed E-state index contributed by atoms with van der Waals surface area (Å²) in [7, 11) is 0. The average Bonchev–Trinajstić information content (AvgIpc) is 2.81. The lowest BCUT2D eigenvalue weighted by Gasteiger charge is -2.05. The van der Waals surface area contributed by atoms with Gasteiger partial charge in [0.2, 0.25) is 0 Å². The van der Waals surface area contributed by atoms with E-state index in [-0.39, 0.29) is 0 Å². The van der Waals surface area contributed by atoms with E-state index in [0.29, 0.717) is 5.15 Å². The molecule has 0 N–H and O–H groups in total. The highest BCUT2D eigenvalue weighted by atomic mass is 35.5. The molecular weight excluding hydrogens is 258 g/mol. The van der Waals surface area contributed by atoms with Crippen molar-refractivity contribution in [1.29, 1.82) is 0 Å². The Balaban J connectivity index is 2.15. The Hall–Kier alpha value is -1.87. The van der Waals surface area contributed by atoms with E-state index in [1.807, 2.05) is 13.0 Å². The number of aromatic nitrogens is 3. The van der Waals surface area contributed by atoms with Crippen molar-refractivity contribution in [2.75, 3.05) is 0 Å². The number of rotatable bonds is 2. The molecule has 4 heteroatoms. The largest absolute Gasteiger partial charge is 0.228 e. The van der Waals surface area contributed by atoms with E-state index in [1.54, 1.807) is 10.7 Å². The van der Waals surface area contributed by atoms with Gasteiger partial charge in [0.25, 0.3) is 0 Å². The molecule has 0 saturated carbocycles. The Kier molecular flexibility index (Phi) is 2.99. The molecule has 0 spiro atoms. The first kappa shape index (κ1) is 12.2. The molecule has 0 amide bonds. The summed E-state index contributed by atoms with van der Waals surface area (Å²) in [5.74, 6) is 0. The molecule has 0 aliphatic rings. The Morgan fingerprint density at radius 3 is 2.63 bits per heavy atom. The minimum atomic E-state index is 0.577. The minimum Gasteiger partial charge on any atom is -0.228 e. The number of benzene rings is 1. The lowest BCUT2D eigenvalue weighted by Crippen LogP contribution is -1.95. The maximum absolute atomic E-state index is 6.24. The van der Waals surface area contributed by atoms with E-state index in [1.165, 1.54) is 5.56 Å². The van der Waals surface area contributed by atoms with E-state index >= 15 is 0 Å². The van der Waals surface area contributed by atoms with Gasteiger partial charge < -0.3 is 0 Å². The minimum absolute atomic E-state index is 0.577. The number of aryl methyl sites for hydroxylation is 2. The van der Waals surface area contributed by atoms with Crippen LogP contribution in [-0.4, -0.2) is 14.6 Å². The molecule has 2 aromatic heterocycles. The summed E-state index contributed by atoms with van der Waals surface area (Å²) in [5, 5.41) is 4.78. The Morgan fingerprint density at radius 2 is 1.95 bits per heavy atom. The van der Waals surface area contributed by atoms with Crippen molar-refractivity contribution < 1.29 is 0 Å². The molecule has 3 aromatic rings. The fourth-order valence-corrected chi connectivity index (χ4v) is 2.32. The van der Waals surface area contributed by atoms with Gasteiger partial charge in [-0.25, -0.2) is 9.50 Å². The van der Waals surface area contributed by atoms with E-state index < -0.39 is 0 Å². The smallest absolute Gasteiger partial charge is 0.160 e. The first-order chi connectivity index (χ1) is 9.19. The number of fused-ring (bicyclic) bond motifs is 1. The first-order valence-corrected chi connectivity index (χ1v) is 6.67. The molecule has 0 aliphatic heterocycles. The second-order valence-corrected chi connectivity index (χ2v) is 4.96. The molecule has 3 rings (SSSR count). The van der Waals surface area contributed by atoms with Crippen LogP contribution >= 0.6 is 11.6 Å². The fraction of sp³-hybridized carbons (Fsp3) is 0.200. The van der Waals surface area contributed by atoms with E-state index in [2.05, 4.69) is 41.3 Å². The van der Waals surface area contributed by atoms with Gasteiger partial charge in [-0.3, -0.25) is 0 Å². The van der Waals surface area contributed by atoms with Gasteiger partial charge in [0.1, 0.15) is 5.15 Å². The quantitative estimate of drug-likeness (QED) is 0.661. The summed E-state index contributed by atoms with van der Waals surface area (Å²) in [6.07, 6.45) is 2.81. The molecule has 0 saturated heterocycles. The van der Waals surface area contributed by atoms with Gasteiger partial charge in [0.15, 0.2) is 5.65 Å². The molecule has 0 aliphatic carbocycles. The van der Waals surface area contributed by atoms with Crippen molar-refractivity contribution in [3.8, 4) is 11.3 Å². The molecule has 3 nitrogen and oxygen atoms in total. The van der Waals surface area contributed by atoms with Crippen LogP contribution in [0.4, 0.5) is 0 Å². The maximum atomic E-state index is 6.24. The molecule has 1 aromatic carbocycles. The normalized spacial score (nSPS) is 11.1. The molecule has 19 heavy (non-hydrogen) atoms. The van der Waals surface area contributed by atoms with Crippen molar-refractivity contribution in [3.63, 3.8) is 0 Å². The SMILES string of the molecule is CCc1ccc(-c2cc(Cl)n3ncc(C)c3n2)cc1. The van der Waals surface area contributed by atoms with Crippen LogP contribution < -0.4 is 0 Å². The van der Waals surface area contributed by atoms with Gasteiger partial charge in [-0.15, -0.1) is 0 Å². The predicted octanol–water partition coefficient (Wildman–Crippen LogP) is 3.92. The van der Waals surface area contributed by atoms with Crippen molar-refractivity contribution in [3.05, 3.63) is 52.8 Å². The van der Waals surface area contributed by atoms with Crippen LogP contribution in [0.2, 0.25) is 5.15 Å². The van der Waals surface area contributed by atoms with Crippen molar-refractivity contribution in [1.82, 2.24) is 14.6 Å². The summed E-state index contributed by atoms with van der Waals surface area (Å²) >= 11 is 6.24. The zero-order chi connectivity index (χ0) is 13.4. The summed E-state index contributed by atoms with van der Waals surface area (Å²) < 4.78 is 1.65. The van der Waals surface area contributed by atoms with E-state index in [4.69, 9.17) is 11.6 Å². The molecule has 0 unspecified atom stereocenters. The Labute approximate surface area is 116 Å². The lowest BCUT2D eigenvalue weighted by atomic mass is 10.1. The third kappa shape index (κ3) is 2.10. The predicted molar refractivity (Wildman–Crippen MR) is 77.5 cm³/mol. The number of halogens is 1. The summed E-state index contributed by atoms with van der Waals surface area (Å²) in [6, 6.07) is 10.3. The molecular formula is C15H14ClN3. The van der Waals surface area contributed by atoms with Gasteiger partial charge in [0.05, 0.1) is 11.9 Å². The van der Waals surface area contributed by atoms with Gasteiger partial charge in [-0.05, 0) is 18.9 Å². The van der Waals surface area contributed by atoms with E-state index in [9.17, 15) is 0 Å². The topological polar surface area (TPSA) is 30.2 Å². The van der Waals surface area contributed by atoms with Crippen LogP contribution in [-0.2, 0) is 6.42 Å². The van der Waals surface area contributed by atoms with Crippen LogP contribution in [0.25, 0.3) is 16.9 Å². The van der Waals surface area contributed by atoms with Gasteiger partial charge in [-0.1, -0.05) is 42.8 Å². The number of nitrogens with zero attached hydrogens (tertiary/aromatic N) is 3. The van der Waals surface area contributed by atoms with Crippen LogP contribution in [0.15, 0.2) is 36.5 Å². The summed E-state index contributed by atoms with van der Waals surface area (Å²) in [5.41, 5.74) is 5.10. The number of hydrogen-bond donors (Lipinski definition) is 0. The Morgan fingerprint density at radius 1 is 1.21 bits per heavy atom. The highest BCUT2D eigenvalue weighted by molar-refractivity contribution is 6.30. The van der Waals surface area contributed by atoms with Crippen molar-refractivity contribution in [2.24, 2.45) is 0 Å². The second-order valence-electron chi connectivity index (χ2n) is 4.58. The highest BCUT2D eigenvalue weighted by Crippen LogP contribution is 2.23. The van der Waals surface area contributed by atoms with Gasteiger partial charge in [-0.2, -0.15) is 5.10 Å². The number of hydrogen-bond acceptors (Lipinski definition) is 2. The first-order valence-electron chi connectivity index (χ1n) is 6.29. The van der Waals surface area contributed by atoms with Crippen LogP contribution in [0.3, 0.4) is 0 Å². The van der Waals surface area contributed by atoms with Crippen LogP contribution in [0.5, 0.6) is 0 Å². The Bertz CT molecular complexity index is 729. The van der Waals surface area contributed by atoms with Gasteiger partial charge >= 0.3 is 0 Å². The zero-order valence-corrected chi connectivity index (χ0v) is 11.6. The van der Waals surface area contributed by atoms with E-state index in [0.717, 1.165) is 28.9 Å². The highest BCUT2D eigenvalue weighted by Gasteiger charge is 2.09. The molecule has 2 heterocycles. The van der Waals surface area contributed by atoms with Crippen LogP contribution in [0, 0.1) is 6.92 Å². The van der Waals surface area contributed by atoms with Crippen molar-refractivity contribution >= 4 is 17.2 Å². The molecule has 0 atom stereocenters. The maximum Gasteiger partial charge on any atom is 0.160 e. The summed E-state index contributed by atoms with van der Waals surface area (Å²) in [6.45, 7) is 4.13. The zero-order valence-electron chi connectivity index (χ0n) is 10.9. The lowest BCUT2D eigenvalue weighted by molar-refractivity contribution is 0.941. The molecule has 0 fully saturated rings. The third-order valence-electron chi connectivity index (χ3n) is 3.26. The summed E-state index contributed by atoms with van der Waals surface area (Å²) in [4.78, 5) is 4.64. The van der Waals surface area contributed by atoms with Crippen molar-refractivity contribution in [2.45, 2.75) is 20.3 Å². The van der Waals surface area contributed by atoms with Crippen LogP contribution in [0.1, 0.15) is 18.1 Å². The molecule has 0 bridgehead atoms. The standard InChI is InChI=1S/C15H14ClN3/c1-3-11-4-6-12(7-5-11)13-8-14(16)19-15(18-13)10(2)9-17-19/h4-9H,3H2,1-2H3.